The number of hydrogen-bond acceptors (Lipinski definition) is 3. The fraction of sp³-hybridized carbons (Fsp3) is 0.333. The van der Waals surface area contributed by atoms with Crippen LogP contribution in [0.4, 0.5) is 10.1 Å². The quantitative estimate of drug-likeness (QED) is 0.451. The minimum Gasteiger partial charge on any atom is -0.505 e. The summed E-state index contributed by atoms with van der Waals surface area (Å²) in [5.74, 6) is -0.697. The van der Waals surface area contributed by atoms with Crippen LogP contribution in [-0.2, 0) is 0 Å². The molecule has 0 aromatic heterocycles. The van der Waals surface area contributed by atoms with Gasteiger partial charge in [0.2, 0.25) is 0 Å². The van der Waals surface area contributed by atoms with Crippen molar-refractivity contribution in [2.75, 3.05) is 12.3 Å². The van der Waals surface area contributed by atoms with Crippen molar-refractivity contribution < 1.29 is 9.50 Å². The molecule has 0 radical (unpaired) electrons. The molecule has 1 aromatic carbocycles. The van der Waals surface area contributed by atoms with E-state index in [4.69, 9.17) is 5.73 Å². The number of rotatable bonds is 1. The maximum absolute atomic E-state index is 12.8. The van der Waals surface area contributed by atoms with Crippen LogP contribution < -0.4 is 11.1 Å². The van der Waals surface area contributed by atoms with Crippen LogP contribution in [0.3, 0.4) is 0 Å². The number of anilines is 1. The molecule has 3 nitrogen and oxygen atoms in total. The molecule has 0 unspecified atom stereocenters. The zero-order valence-corrected chi connectivity index (χ0v) is 7.05. The van der Waals surface area contributed by atoms with E-state index in [-0.39, 0.29) is 17.5 Å². The Bertz CT molecular complexity index is 337. The molecule has 1 aromatic rings. The second kappa shape index (κ2) is 2.88. The Morgan fingerprint density at radius 2 is 2.23 bits per heavy atom. The fourth-order valence-corrected chi connectivity index (χ4v) is 1.44. The van der Waals surface area contributed by atoms with Crippen molar-refractivity contribution in [3.63, 3.8) is 0 Å². The van der Waals surface area contributed by atoms with E-state index in [9.17, 15) is 9.50 Å². The summed E-state index contributed by atoms with van der Waals surface area (Å²) in [6.07, 6.45) is 0.957. The summed E-state index contributed by atoms with van der Waals surface area (Å²) in [5.41, 5.74) is 5.87. The molecule has 1 saturated heterocycles. The smallest absolute Gasteiger partial charge is 0.149 e. The molecular weight excluding hydrogens is 171 g/mol. The Balaban J connectivity index is 2.41. The van der Waals surface area contributed by atoms with E-state index in [1.54, 1.807) is 6.07 Å². The number of phenols is 1. The zero-order valence-electron chi connectivity index (χ0n) is 7.05. The normalized spacial score (nSPS) is 21.2. The monoisotopic (exact) mass is 182 g/mol. The van der Waals surface area contributed by atoms with Crippen LogP contribution in [-0.4, -0.2) is 11.7 Å². The van der Waals surface area contributed by atoms with E-state index in [1.807, 2.05) is 0 Å². The van der Waals surface area contributed by atoms with Gasteiger partial charge in [0.1, 0.15) is 17.3 Å². The van der Waals surface area contributed by atoms with Gasteiger partial charge >= 0.3 is 0 Å². The predicted octanol–water partition coefficient (Wildman–Crippen LogP) is 1.15. The lowest BCUT2D eigenvalue weighted by Crippen LogP contribution is -2.35. The summed E-state index contributed by atoms with van der Waals surface area (Å²) in [7, 11) is 0. The van der Waals surface area contributed by atoms with Crippen molar-refractivity contribution in [3.8, 4) is 5.75 Å². The Morgan fingerprint density at radius 3 is 2.77 bits per heavy atom. The van der Waals surface area contributed by atoms with Gasteiger partial charge in [-0.2, -0.15) is 0 Å². The van der Waals surface area contributed by atoms with E-state index in [1.165, 1.54) is 6.07 Å². The standard InChI is InChI=1S/C9H11FN2O/c10-6-2-1-5(7-3-4-12-7)9(13)8(6)11/h1-2,7,12-13H,3-4,11H2/t7-/m0/s1. The average Bonchev–Trinajstić information content (AvgIpc) is 2.03. The summed E-state index contributed by atoms with van der Waals surface area (Å²) in [5, 5.41) is 12.6. The molecule has 1 heterocycles. The summed E-state index contributed by atoms with van der Waals surface area (Å²) < 4.78 is 12.8. The van der Waals surface area contributed by atoms with E-state index < -0.39 is 5.82 Å². The third-order valence-corrected chi connectivity index (χ3v) is 2.39. The van der Waals surface area contributed by atoms with Crippen LogP contribution >= 0.6 is 0 Å². The summed E-state index contributed by atoms with van der Waals surface area (Å²) in [4.78, 5) is 0. The highest BCUT2D eigenvalue weighted by molar-refractivity contribution is 5.58. The zero-order chi connectivity index (χ0) is 9.42. The van der Waals surface area contributed by atoms with Gasteiger partial charge in [0, 0.05) is 11.6 Å². The highest BCUT2D eigenvalue weighted by atomic mass is 19.1. The molecule has 2 rings (SSSR count). The van der Waals surface area contributed by atoms with Gasteiger partial charge in [0.05, 0.1) is 0 Å². The lowest BCUT2D eigenvalue weighted by molar-refractivity contribution is 0.364. The number of hydrogen-bond donors (Lipinski definition) is 3. The summed E-state index contributed by atoms with van der Waals surface area (Å²) >= 11 is 0. The predicted molar refractivity (Wildman–Crippen MR) is 47.8 cm³/mol. The Morgan fingerprint density at radius 1 is 1.54 bits per heavy atom. The van der Waals surface area contributed by atoms with Crippen molar-refractivity contribution >= 4 is 5.69 Å². The van der Waals surface area contributed by atoms with Crippen molar-refractivity contribution in [3.05, 3.63) is 23.5 Å². The number of benzene rings is 1. The van der Waals surface area contributed by atoms with Crippen LogP contribution in [0, 0.1) is 5.82 Å². The van der Waals surface area contributed by atoms with Crippen LogP contribution in [0.1, 0.15) is 18.0 Å². The minimum atomic E-state index is -0.569. The first kappa shape index (κ1) is 8.31. The van der Waals surface area contributed by atoms with Crippen LogP contribution in [0.25, 0.3) is 0 Å². The van der Waals surface area contributed by atoms with Gasteiger partial charge in [-0.1, -0.05) is 6.07 Å². The van der Waals surface area contributed by atoms with Crippen LogP contribution in [0.2, 0.25) is 0 Å². The van der Waals surface area contributed by atoms with Gasteiger partial charge in [-0.15, -0.1) is 0 Å². The highest BCUT2D eigenvalue weighted by Crippen LogP contribution is 2.35. The van der Waals surface area contributed by atoms with Crippen molar-refractivity contribution in [2.45, 2.75) is 12.5 Å². The lowest BCUT2D eigenvalue weighted by atomic mass is 9.96. The lowest BCUT2D eigenvalue weighted by Gasteiger charge is -2.28. The number of halogens is 1. The fourth-order valence-electron chi connectivity index (χ4n) is 1.44. The first-order chi connectivity index (χ1) is 6.20. The van der Waals surface area contributed by atoms with Gasteiger partial charge in [-0.05, 0) is 19.0 Å². The van der Waals surface area contributed by atoms with E-state index in [0.29, 0.717) is 5.56 Å². The summed E-state index contributed by atoms with van der Waals surface area (Å²) in [6, 6.07) is 2.98. The van der Waals surface area contributed by atoms with Gasteiger partial charge in [0.25, 0.3) is 0 Å². The topological polar surface area (TPSA) is 58.3 Å². The molecule has 1 aliphatic heterocycles. The first-order valence-electron chi connectivity index (χ1n) is 4.20. The van der Waals surface area contributed by atoms with Crippen LogP contribution in [0.5, 0.6) is 5.75 Å². The molecule has 4 heteroatoms. The number of nitrogens with one attached hydrogen (secondary N) is 1. The number of aromatic hydroxyl groups is 1. The third-order valence-electron chi connectivity index (χ3n) is 2.39. The SMILES string of the molecule is Nc1c(F)ccc([C@@H]2CCN2)c1O. The van der Waals surface area contributed by atoms with E-state index in [0.717, 1.165) is 13.0 Å². The molecular formula is C9H11FN2O. The molecule has 4 N–H and O–H groups in total. The Kier molecular flexibility index (Phi) is 1.84. The molecule has 1 aliphatic rings. The molecule has 70 valence electrons. The molecule has 13 heavy (non-hydrogen) atoms. The van der Waals surface area contributed by atoms with Gasteiger partial charge in [-0.3, -0.25) is 0 Å². The van der Waals surface area contributed by atoms with Crippen molar-refractivity contribution in [2.24, 2.45) is 0 Å². The molecule has 1 fully saturated rings. The van der Waals surface area contributed by atoms with E-state index in [2.05, 4.69) is 5.32 Å². The molecule has 1 atom stereocenters. The minimum absolute atomic E-state index is 0.128. The van der Waals surface area contributed by atoms with Crippen molar-refractivity contribution in [1.82, 2.24) is 5.32 Å². The molecule has 0 amide bonds. The number of nitrogens with two attached hydrogens (primary N) is 1. The molecule has 0 spiro atoms. The highest BCUT2D eigenvalue weighted by Gasteiger charge is 2.23. The molecule has 0 bridgehead atoms. The first-order valence-corrected chi connectivity index (χ1v) is 4.20. The van der Waals surface area contributed by atoms with Gasteiger partial charge < -0.3 is 16.2 Å². The molecule has 0 saturated carbocycles. The summed E-state index contributed by atoms with van der Waals surface area (Å²) in [6.45, 7) is 0.932. The largest absolute Gasteiger partial charge is 0.505 e. The molecule has 0 aliphatic carbocycles. The van der Waals surface area contributed by atoms with Crippen LogP contribution in [0.15, 0.2) is 12.1 Å². The second-order valence-electron chi connectivity index (χ2n) is 3.19. The maximum atomic E-state index is 12.8. The Hall–Kier alpha value is -1.29. The number of phenolic OH excluding ortho intramolecular Hbond substituents is 1. The number of nitrogen functional groups attached to an aromatic ring is 1. The van der Waals surface area contributed by atoms with Gasteiger partial charge in [0.15, 0.2) is 0 Å². The third kappa shape index (κ3) is 1.23. The second-order valence-corrected chi connectivity index (χ2v) is 3.19. The van der Waals surface area contributed by atoms with Gasteiger partial charge in [-0.25, -0.2) is 4.39 Å². The van der Waals surface area contributed by atoms with E-state index >= 15 is 0 Å². The Labute approximate surface area is 75.4 Å². The average molecular weight is 182 g/mol. The van der Waals surface area contributed by atoms with Crippen molar-refractivity contribution in [1.29, 1.82) is 0 Å². The maximum Gasteiger partial charge on any atom is 0.149 e.